The number of benzene rings is 2. The number of hydrogen-bond acceptors (Lipinski definition) is 5. The number of anilines is 1. The van der Waals surface area contributed by atoms with Gasteiger partial charge in [-0.2, -0.15) is 0 Å². The molecule has 0 aliphatic carbocycles. The molecule has 2 heterocycles. The van der Waals surface area contributed by atoms with Crippen LogP contribution in [0.5, 0.6) is 5.75 Å². The van der Waals surface area contributed by atoms with Gasteiger partial charge in [-0.25, -0.2) is 0 Å². The fourth-order valence-corrected chi connectivity index (χ4v) is 4.43. The smallest absolute Gasteiger partial charge is 0.300 e. The normalized spacial score (nSPS) is 17.3. The number of aliphatic hydroxyl groups excluding tert-OH is 1. The van der Waals surface area contributed by atoms with Gasteiger partial charge in [0.05, 0.1) is 18.2 Å². The minimum atomic E-state index is -0.801. The average Bonchev–Trinajstić information content (AvgIpc) is 3.14. The minimum Gasteiger partial charge on any atom is -0.507 e. The summed E-state index contributed by atoms with van der Waals surface area (Å²) in [6.07, 6.45) is 4.11. The number of hydrogen-bond donors (Lipinski definition) is 1. The van der Waals surface area contributed by atoms with Crippen LogP contribution in [0.4, 0.5) is 5.69 Å². The summed E-state index contributed by atoms with van der Waals surface area (Å²) in [5.41, 5.74) is 3.78. The summed E-state index contributed by atoms with van der Waals surface area (Å²) in [6.45, 7) is 8.57. The molecule has 1 aliphatic heterocycles. The third-order valence-corrected chi connectivity index (χ3v) is 6.27. The highest BCUT2D eigenvalue weighted by Crippen LogP contribution is 2.42. The highest BCUT2D eigenvalue weighted by atomic mass is 16.5. The first-order valence-electron chi connectivity index (χ1n) is 11.9. The summed E-state index contributed by atoms with van der Waals surface area (Å²) in [6, 6.07) is 15.7. The highest BCUT2D eigenvalue weighted by Gasteiger charge is 2.47. The molecule has 6 heteroatoms. The molecule has 1 saturated heterocycles. The summed E-state index contributed by atoms with van der Waals surface area (Å²) in [5, 5.41) is 11.4. The van der Waals surface area contributed by atoms with Crippen LogP contribution in [0.3, 0.4) is 0 Å². The second-order valence-electron chi connectivity index (χ2n) is 8.82. The maximum atomic E-state index is 13.3. The SMILES string of the molecule is CCOc1ccc(/C(O)=C2/C(=O)C(=O)N(c3ccc(CC)cc3)C2c2cccnc2)cc1C(C)C. The van der Waals surface area contributed by atoms with E-state index in [0.717, 1.165) is 23.3 Å². The molecule has 1 aromatic heterocycles. The first-order chi connectivity index (χ1) is 16.9. The van der Waals surface area contributed by atoms with Crippen LogP contribution < -0.4 is 9.64 Å². The molecule has 0 bridgehead atoms. The van der Waals surface area contributed by atoms with Crippen molar-refractivity contribution >= 4 is 23.1 Å². The number of aliphatic hydroxyl groups is 1. The summed E-state index contributed by atoms with van der Waals surface area (Å²) in [5.74, 6) is -0.748. The first kappa shape index (κ1) is 24.2. The van der Waals surface area contributed by atoms with Crippen molar-refractivity contribution in [3.05, 3.63) is 94.8 Å². The van der Waals surface area contributed by atoms with Crippen LogP contribution in [0.15, 0.2) is 72.6 Å². The second-order valence-corrected chi connectivity index (χ2v) is 8.82. The Hall–Kier alpha value is -3.93. The molecule has 1 fully saturated rings. The standard InChI is InChI=1S/C29H30N2O4/c1-5-19-9-12-22(13-10-19)31-26(21-8-7-15-30-17-21)25(28(33)29(31)34)27(32)20-11-14-24(35-6-2)23(16-20)18(3)4/h7-18,26,32H,5-6H2,1-4H3/b27-25-. The minimum absolute atomic E-state index is 0.0430. The van der Waals surface area contributed by atoms with Crippen molar-refractivity contribution in [1.29, 1.82) is 0 Å². The van der Waals surface area contributed by atoms with Crippen molar-refractivity contribution in [3.8, 4) is 5.75 Å². The van der Waals surface area contributed by atoms with E-state index >= 15 is 0 Å². The van der Waals surface area contributed by atoms with E-state index in [0.29, 0.717) is 23.4 Å². The van der Waals surface area contributed by atoms with Crippen LogP contribution in [0.25, 0.3) is 5.76 Å². The van der Waals surface area contributed by atoms with Crippen LogP contribution in [-0.2, 0) is 16.0 Å². The quantitative estimate of drug-likeness (QED) is 0.268. The van der Waals surface area contributed by atoms with Crippen LogP contribution >= 0.6 is 0 Å². The molecule has 6 nitrogen and oxygen atoms in total. The predicted molar refractivity (Wildman–Crippen MR) is 137 cm³/mol. The molecular weight excluding hydrogens is 440 g/mol. The molecule has 4 rings (SSSR count). The number of aryl methyl sites for hydroxylation is 1. The molecule has 2 aromatic carbocycles. The van der Waals surface area contributed by atoms with E-state index < -0.39 is 17.7 Å². The zero-order chi connectivity index (χ0) is 25.1. The van der Waals surface area contributed by atoms with Gasteiger partial charge in [0.1, 0.15) is 11.5 Å². The summed E-state index contributed by atoms with van der Waals surface area (Å²) < 4.78 is 5.75. The average molecular weight is 471 g/mol. The van der Waals surface area contributed by atoms with Crippen LogP contribution in [-0.4, -0.2) is 28.4 Å². The topological polar surface area (TPSA) is 79.7 Å². The van der Waals surface area contributed by atoms with Gasteiger partial charge in [0.25, 0.3) is 11.7 Å². The number of ether oxygens (including phenoxy) is 1. The third-order valence-electron chi connectivity index (χ3n) is 6.27. The van der Waals surface area contributed by atoms with Crippen LogP contribution in [0.2, 0.25) is 0 Å². The van der Waals surface area contributed by atoms with Gasteiger partial charge in [-0.15, -0.1) is 0 Å². The van der Waals surface area contributed by atoms with Crippen molar-refractivity contribution in [2.75, 3.05) is 11.5 Å². The molecule has 1 atom stereocenters. The van der Waals surface area contributed by atoms with E-state index in [-0.39, 0.29) is 17.3 Å². The fraction of sp³-hybridized carbons (Fsp3) is 0.276. The van der Waals surface area contributed by atoms with Crippen LogP contribution in [0, 0.1) is 0 Å². The Kier molecular flexibility index (Phi) is 7.01. The molecule has 3 aromatic rings. The predicted octanol–water partition coefficient (Wildman–Crippen LogP) is 5.79. The lowest BCUT2D eigenvalue weighted by Gasteiger charge is -2.25. The molecular formula is C29H30N2O4. The lowest BCUT2D eigenvalue weighted by Crippen LogP contribution is -2.29. The zero-order valence-electron chi connectivity index (χ0n) is 20.5. The molecule has 1 unspecified atom stereocenters. The fourth-order valence-electron chi connectivity index (χ4n) is 4.43. The van der Waals surface area contributed by atoms with Crippen molar-refractivity contribution in [2.24, 2.45) is 0 Å². The van der Waals surface area contributed by atoms with Crippen molar-refractivity contribution in [2.45, 2.75) is 46.1 Å². The van der Waals surface area contributed by atoms with E-state index in [1.54, 1.807) is 30.6 Å². The molecule has 0 radical (unpaired) electrons. The van der Waals surface area contributed by atoms with Gasteiger partial charge in [-0.05, 0) is 72.4 Å². The van der Waals surface area contributed by atoms with Gasteiger partial charge in [0.2, 0.25) is 0 Å². The lowest BCUT2D eigenvalue weighted by atomic mass is 9.93. The maximum Gasteiger partial charge on any atom is 0.300 e. The zero-order valence-corrected chi connectivity index (χ0v) is 20.5. The molecule has 0 saturated carbocycles. The first-order valence-corrected chi connectivity index (χ1v) is 11.9. The molecule has 1 aliphatic rings. The maximum absolute atomic E-state index is 13.3. The lowest BCUT2D eigenvalue weighted by molar-refractivity contribution is -0.132. The van der Waals surface area contributed by atoms with E-state index in [2.05, 4.69) is 11.9 Å². The Bertz CT molecular complexity index is 1260. The molecule has 180 valence electrons. The summed E-state index contributed by atoms with van der Waals surface area (Å²) in [7, 11) is 0. The van der Waals surface area contributed by atoms with E-state index in [4.69, 9.17) is 4.74 Å². The van der Waals surface area contributed by atoms with Crippen LogP contribution in [0.1, 0.15) is 61.9 Å². The van der Waals surface area contributed by atoms with E-state index in [1.165, 1.54) is 4.90 Å². The van der Waals surface area contributed by atoms with Crippen molar-refractivity contribution < 1.29 is 19.4 Å². The Morgan fingerprint density at radius 2 is 1.83 bits per heavy atom. The number of amides is 1. The monoisotopic (exact) mass is 470 g/mol. The van der Waals surface area contributed by atoms with Crippen molar-refractivity contribution in [1.82, 2.24) is 4.98 Å². The van der Waals surface area contributed by atoms with Gasteiger partial charge in [-0.3, -0.25) is 19.5 Å². The number of nitrogens with zero attached hydrogens (tertiary/aromatic N) is 2. The van der Waals surface area contributed by atoms with E-state index in [9.17, 15) is 14.7 Å². The van der Waals surface area contributed by atoms with Gasteiger partial charge in [0, 0.05) is 23.6 Å². The second kappa shape index (κ2) is 10.1. The van der Waals surface area contributed by atoms with Gasteiger partial charge in [0.15, 0.2) is 0 Å². The van der Waals surface area contributed by atoms with E-state index in [1.807, 2.05) is 57.2 Å². The van der Waals surface area contributed by atoms with Gasteiger partial charge < -0.3 is 9.84 Å². The molecule has 0 spiro atoms. The Labute approximate surface area is 205 Å². The number of Topliss-reactive ketones (excluding diaryl/α,β-unsaturated/α-hetero) is 1. The number of pyridine rings is 1. The summed E-state index contributed by atoms with van der Waals surface area (Å²) in [4.78, 5) is 32.3. The molecule has 1 N–H and O–H groups in total. The Morgan fingerprint density at radius 1 is 1.09 bits per heavy atom. The van der Waals surface area contributed by atoms with Gasteiger partial charge >= 0.3 is 0 Å². The molecule has 1 amide bonds. The van der Waals surface area contributed by atoms with Gasteiger partial charge in [-0.1, -0.05) is 39.0 Å². The molecule has 35 heavy (non-hydrogen) atoms. The number of carbonyl (C=O) groups is 2. The third kappa shape index (κ3) is 4.56. The number of carbonyl (C=O) groups excluding carboxylic acids is 2. The number of aromatic nitrogens is 1. The largest absolute Gasteiger partial charge is 0.507 e. The van der Waals surface area contributed by atoms with Crippen molar-refractivity contribution in [3.63, 3.8) is 0 Å². The summed E-state index contributed by atoms with van der Waals surface area (Å²) >= 11 is 0. The number of rotatable bonds is 7. The highest BCUT2D eigenvalue weighted by molar-refractivity contribution is 6.51. The Balaban J connectivity index is 1.90. The number of ketones is 1. The Morgan fingerprint density at radius 3 is 2.43 bits per heavy atom.